The lowest BCUT2D eigenvalue weighted by molar-refractivity contribution is -0.144. The molecule has 20 heavy (non-hydrogen) atoms. The molecule has 2 nitrogen and oxygen atoms in total. The van der Waals surface area contributed by atoms with Crippen molar-refractivity contribution in [2.45, 2.75) is 45.4 Å². The molecule has 0 spiro atoms. The zero-order chi connectivity index (χ0) is 14.5. The first kappa shape index (κ1) is 15.4. The van der Waals surface area contributed by atoms with E-state index in [1.165, 1.54) is 19.3 Å². The van der Waals surface area contributed by atoms with Gasteiger partial charge in [-0.2, -0.15) is 0 Å². The van der Waals surface area contributed by atoms with Crippen molar-refractivity contribution in [1.82, 2.24) is 0 Å². The normalized spacial score (nSPS) is 24.3. The molecule has 1 aliphatic rings. The largest absolute Gasteiger partial charge is 0.481 e. The van der Waals surface area contributed by atoms with Gasteiger partial charge in [0.15, 0.2) is 0 Å². The van der Waals surface area contributed by atoms with Gasteiger partial charge in [-0.3, -0.25) is 4.79 Å². The van der Waals surface area contributed by atoms with E-state index < -0.39 is 5.97 Å². The van der Waals surface area contributed by atoms with E-state index in [9.17, 15) is 9.90 Å². The number of benzene rings is 1. The zero-order valence-electron chi connectivity index (χ0n) is 12.0. The maximum Gasteiger partial charge on any atom is 0.307 e. The van der Waals surface area contributed by atoms with Crippen LogP contribution < -0.4 is 0 Å². The third kappa shape index (κ3) is 3.99. The number of rotatable bonds is 5. The molecule has 1 aromatic rings. The lowest BCUT2D eigenvalue weighted by atomic mass is 9.72. The molecule has 0 aromatic heterocycles. The minimum Gasteiger partial charge on any atom is -0.481 e. The van der Waals surface area contributed by atoms with Gasteiger partial charge in [0.05, 0.1) is 5.92 Å². The fourth-order valence-electron chi connectivity index (χ4n) is 3.44. The molecule has 0 amide bonds. The highest BCUT2D eigenvalue weighted by molar-refractivity contribution is 6.30. The average Bonchev–Trinajstić information content (AvgIpc) is 2.44. The summed E-state index contributed by atoms with van der Waals surface area (Å²) in [4.78, 5) is 11.7. The van der Waals surface area contributed by atoms with Gasteiger partial charge in [-0.15, -0.1) is 0 Å². The molecule has 1 aromatic carbocycles. The molecule has 3 unspecified atom stereocenters. The maximum atomic E-state index is 11.7. The molecule has 2 rings (SSSR count). The van der Waals surface area contributed by atoms with Gasteiger partial charge in [0.2, 0.25) is 0 Å². The Hall–Kier alpha value is -1.02. The summed E-state index contributed by atoms with van der Waals surface area (Å²) >= 11 is 5.99. The quantitative estimate of drug-likeness (QED) is 0.847. The molecule has 3 atom stereocenters. The van der Waals surface area contributed by atoms with Crippen molar-refractivity contribution in [1.29, 1.82) is 0 Å². The number of carboxylic acids is 1. The minimum atomic E-state index is -0.660. The number of hydrogen-bond acceptors (Lipinski definition) is 1. The molecule has 110 valence electrons. The van der Waals surface area contributed by atoms with E-state index in [1.807, 2.05) is 24.3 Å². The SMILES string of the molecule is CCC1CCCC(C(Cc2cccc(Cl)c2)C(=O)O)C1. The van der Waals surface area contributed by atoms with Gasteiger partial charge in [-0.05, 0) is 48.8 Å². The lowest BCUT2D eigenvalue weighted by Crippen LogP contribution is -2.30. The van der Waals surface area contributed by atoms with Crippen molar-refractivity contribution < 1.29 is 9.90 Å². The highest BCUT2D eigenvalue weighted by Crippen LogP contribution is 2.37. The topological polar surface area (TPSA) is 37.3 Å². The van der Waals surface area contributed by atoms with Crippen molar-refractivity contribution in [3.05, 3.63) is 34.9 Å². The summed E-state index contributed by atoms with van der Waals surface area (Å²) in [6.07, 6.45) is 6.30. The van der Waals surface area contributed by atoms with Crippen LogP contribution in [0.15, 0.2) is 24.3 Å². The summed E-state index contributed by atoms with van der Waals surface area (Å²) in [5.74, 6) is 0.0784. The monoisotopic (exact) mass is 294 g/mol. The summed E-state index contributed by atoms with van der Waals surface area (Å²) < 4.78 is 0. The summed E-state index contributed by atoms with van der Waals surface area (Å²) in [6, 6.07) is 7.58. The van der Waals surface area contributed by atoms with Crippen LogP contribution >= 0.6 is 11.6 Å². The van der Waals surface area contributed by atoms with E-state index in [0.29, 0.717) is 23.3 Å². The Kier molecular flexibility index (Phi) is 5.47. The third-order valence-corrected chi connectivity index (χ3v) is 4.87. The average molecular weight is 295 g/mol. The molecular formula is C17H23ClO2. The summed E-state index contributed by atoms with van der Waals surface area (Å²) in [5.41, 5.74) is 1.03. The predicted octanol–water partition coefficient (Wildman–Crippen LogP) is 4.80. The van der Waals surface area contributed by atoms with E-state index >= 15 is 0 Å². The molecule has 0 heterocycles. The number of halogens is 1. The molecule has 0 saturated heterocycles. The molecule has 1 aliphatic carbocycles. The van der Waals surface area contributed by atoms with Crippen LogP contribution in [0, 0.1) is 17.8 Å². The smallest absolute Gasteiger partial charge is 0.307 e. The highest BCUT2D eigenvalue weighted by atomic mass is 35.5. The van der Waals surface area contributed by atoms with Gasteiger partial charge in [-0.25, -0.2) is 0 Å². The van der Waals surface area contributed by atoms with Crippen LogP contribution in [0.5, 0.6) is 0 Å². The van der Waals surface area contributed by atoms with E-state index in [2.05, 4.69) is 6.92 Å². The number of carbonyl (C=O) groups is 1. The van der Waals surface area contributed by atoms with Crippen LogP contribution in [0.3, 0.4) is 0 Å². The Morgan fingerprint density at radius 3 is 2.90 bits per heavy atom. The molecule has 1 N–H and O–H groups in total. The van der Waals surface area contributed by atoms with Gasteiger partial charge in [0.25, 0.3) is 0 Å². The second-order valence-corrected chi connectivity index (χ2v) is 6.42. The minimum absolute atomic E-state index is 0.275. The van der Waals surface area contributed by atoms with Gasteiger partial charge in [0.1, 0.15) is 0 Å². The molecule has 3 heteroatoms. The second-order valence-electron chi connectivity index (χ2n) is 5.98. The molecule has 0 bridgehead atoms. The number of carboxylic acid groups (broad SMARTS) is 1. The van der Waals surface area contributed by atoms with Crippen molar-refractivity contribution >= 4 is 17.6 Å². The molecule has 0 radical (unpaired) electrons. The van der Waals surface area contributed by atoms with E-state index in [0.717, 1.165) is 18.4 Å². The molecule has 0 aliphatic heterocycles. The van der Waals surface area contributed by atoms with Crippen molar-refractivity contribution in [2.75, 3.05) is 0 Å². The van der Waals surface area contributed by atoms with Crippen LogP contribution in [0.2, 0.25) is 5.02 Å². The van der Waals surface area contributed by atoms with E-state index in [4.69, 9.17) is 11.6 Å². The zero-order valence-corrected chi connectivity index (χ0v) is 12.8. The predicted molar refractivity (Wildman–Crippen MR) is 82.0 cm³/mol. The van der Waals surface area contributed by atoms with Crippen LogP contribution in [-0.2, 0) is 11.2 Å². The van der Waals surface area contributed by atoms with Gasteiger partial charge in [-0.1, -0.05) is 49.9 Å². The third-order valence-electron chi connectivity index (χ3n) is 4.63. The lowest BCUT2D eigenvalue weighted by Gasteiger charge is -2.32. The molecule has 1 saturated carbocycles. The first-order valence-corrected chi connectivity index (χ1v) is 7.95. The Morgan fingerprint density at radius 1 is 1.45 bits per heavy atom. The first-order chi connectivity index (χ1) is 9.60. The molecular weight excluding hydrogens is 272 g/mol. The van der Waals surface area contributed by atoms with Gasteiger partial charge < -0.3 is 5.11 Å². The van der Waals surface area contributed by atoms with E-state index in [1.54, 1.807) is 0 Å². The second kappa shape index (κ2) is 7.12. The maximum absolute atomic E-state index is 11.7. The van der Waals surface area contributed by atoms with Gasteiger partial charge >= 0.3 is 5.97 Å². The Morgan fingerprint density at radius 2 is 2.25 bits per heavy atom. The van der Waals surface area contributed by atoms with Crippen molar-refractivity contribution in [2.24, 2.45) is 17.8 Å². The number of hydrogen-bond donors (Lipinski definition) is 1. The van der Waals surface area contributed by atoms with Crippen LogP contribution in [0.25, 0.3) is 0 Å². The Labute approximate surface area is 126 Å². The fraction of sp³-hybridized carbons (Fsp3) is 0.588. The summed E-state index contributed by atoms with van der Waals surface area (Å²) in [7, 11) is 0. The van der Waals surface area contributed by atoms with Crippen LogP contribution in [0.1, 0.15) is 44.6 Å². The summed E-state index contributed by atoms with van der Waals surface area (Å²) in [5, 5.41) is 10.3. The van der Waals surface area contributed by atoms with Crippen LogP contribution in [0.4, 0.5) is 0 Å². The number of aliphatic carboxylic acids is 1. The first-order valence-electron chi connectivity index (χ1n) is 7.57. The van der Waals surface area contributed by atoms with Gasteiger partial charge in [0, 0.05) is 5.02 Å². The van der Waals surface area contributed by atoms with Crippen LogP contribution in [-0.4, -0.2) is 11.1 Å². The highest BCUT2D eigenvalue weighted by Gasteiger charge is 2.32. The van der Waals surface area contributed by atoms with E-state index in [-0.39, 0.29) is 5.92 Å². The Balaban J connectivity index is 2.09. The summed E-state index contributed by atoms with van der Waals surface area (Å²) in [6.45, 7) is 2.21. The fourth-order valence-corrected chi connectivity index (χ4v) is 3.66. The van der Waals surface area contributed by atoms with Crippen molar-refractivity contribution in [3.8, 4) is 0 Å². The molecule has 1 fully saturated rings. The van der Waals surface area contributed by atoms with Crippen molar-refractivity contribution in [3.63, 3.8) is 0 Å². The Bertz CT molecular complexity index is 458. The standard InChI is InChI=1S/C17H23ClO2/c1-2-12-5-3-7-14(9-12)16(17(19)20)11-13-6-4-8-15(18)10-13/h4,6,8,10,12,14,16H,2-3,5,7,9,11H2,1H3,(H,19,20).